The quantitative estimate of drug-likeness (QED) is 0.299. The van der Waals surface area contributed by atoms with E-state index in [4.69, 9.17) is 16.3 Å². The lowest BCUT2D eigenvalue weighted by Gasteiger charge is -2.20. The fourth-order valence-electron chi connectivity index (χ4n) is 3.34. The Hall–Kier alpha value is -3.58. The topological polar surface area (TPSA) is 79.5 Å². The van der Waals surface area contributed by atoms with Gasteiger partial charge >= 0.3 is 0 Å². The number of halogens is 2. The van der Waals surface area contributed by atoms with E-state index in [1.807, 2.05) is 13.8 Å². The number of hydrogen-bond donors (Lipinski definition) is 3. The molecule has 0 saturated carbocycles. The second kappa shape index (κ2) is 12.8. The van der Waals surface area contributed by atoms with Crippen molar-refractivity contribution in [3.05, 3.63) is 89.2 Å². The van der Waals surface area contributed by atoms with E-state index < -0.39 is 6.04 Å². The van der Waals surface area contributed by atoms with Gasteiger partial charge in [0.05, 0.1) is 0 Å². The smallest absolute Gasteiger partial charge is 0.251 e. The minimum Gasteiger partial charge on any atom is -0.457 e. The average molecular weight is 498 g/mol. The molecule has 0 bridgehead atoms. The molecular formula is C27H29ClFN3O3. The molecule has 0 saturated heterocycles. The number of rotatable bonds is 11. The Morgan fingerprint density at radius 3 is 2.09 bits per heavy atom. The van der Waals surface area contributed by atoms with E-state index in [2.05, 4.69) is 16.0 Å². The Kier molecular flexibility index (Phi) is 9.49. The highest BCUT2D eigenvalue weighted by Gasteiger charge is 2.22. The molecule has 0 aromatic heterocycles. The Morgan fingerprint density at radius 2 is 1.49 bits per heavy atom. The number of nitrogens with one attached hydrogen (secondary N) is 3. The summed E-state index contributed by atoms with van der Waals surface area (Å²) in [6.07, 6.45) is 0.501. The van der Waals surface area contributed by atoms with Gasteiger partial charge in [-0.3, -0.25) is 9.59 Å². The Bertz CT molecular complexity index is 1100. The van der Waals surface area contributed by atoms with Gasteiger partial charge in [-0.15, -0.1) is 0 Å². The van der Waals surface area contributed by atoms with Gasteiger partial charge in [-0.25, -0.2) is 4.39 Å². The predicted octanol–water partition coefficient (Wildman–Crippen LogP) is 5.64. The van der Waals surface area contributed by atoms with Crippen molar-refractivity contribution in [2.24, 2.45) is 5.92 Å². The highest BCUT2D eigenvalue weighted by atomic mass is 35.5. The number of amides is 2. The lowest BCUT2D eigenvalue weighted by Crippen LogP contribution is -2.48. The summed E-state index contributed by atoms with van der Waals surface area (Å²) >= 11 is 5.89. The number of ether oxygens (including phenoxy) is 1. The third kappa shape index (κ3) is 8.61. The largest absolute Gasteiger partial charge is 0.457 e. The highest BCUT2D eigenvalue weighted by molar-refractivity contribution is 6.30. The maximum Gasteiger partial charge on any atom is 0.251 e. The molecule has 0 aliphatic rings. The van der Waals surface area contributed by atoms with Gasteiger partial charge in [0.1, 0.15) is 23.4 Å². The van der Waals surface area contributed by atoms with Crippen LogP contribution in [-0.2, 0) is 4.79 Å². The van der Waals surface area contributed by atoms with E-state index >= 15 is 0 Å². The van der Waals surface area contributed by atoms with Crippen LogP contribution in [0.1, 0.15) is 30.6 Å². The summed E-state index contributed by atoms with van der Waals surface area (Å²) in [6, 6.07) is 19.0. The van der Waals surface area contributed by atoms with Gasteiger partial charge in [-0.1, -0.05) is 25.4 Å². The second-order valence-corrected chi connectivity index (χ2v) is 8.90. The van der Waals surface area contributed by atoms with Crippen LogP contribution >= 0.6 is 11.6 Å². The number of carbonyl (C=O) groups excluding carboxylic acids is 2. The van der Waals surface area contributed by atoms with Crippen LogP contribution in [0.5, 0.6) is 11.5 Å². The molecule has 1 atom stereocenters. The van der Waals surface area contributed by atoms with Gasteiger partial charge in [-0.05, 0) is 85.1 Å². The monoisotopic (exact) mass is 497 g/mol. The minimum atomic E-state index is -0.668. The number of benzene rings is 3. The van der Waals surface area contributed by atoms with Gasteiger partial charge in [0, 0.05) is 29.4 Å². The molecule has 0 unspecified atom stereocenters. The van der Waals surface area contributed by atoms with E-state index in [9.17, 15) is 14.0 Å². The molecule has 3 aromatic rings. The first-order valence-electron chi connectivity index (χ1n) is 11.4. The van der Waals surface area contributed by atoms with Crippen LogP contribution in [0.2, 0.25) is 5.02 Å². The van der Waals surface area contributed by atoms with Gasteiger partial charge < -0.3 is 20.7 Å². The van der Waals surface area contributed by atoms with Crippen LogP contribution in [0.25, 0.3) is 0 Å². The van der Waals surface area contributed by atoms with E-state index in [0.717, 1.165) is 5.69 Å². The van der Waals surface area contributed by atoms with Crippen LogP contribution in [-0.4, -0.2) is 30.9 Å². The zero-order valence-corrected chi connectivity index (χ0v) is 20.4. The maximum absolute atomic E-state index is 13.0. The molecule has 0 aliphatic carbocycles. The third-order valence-corrected chi connectivity index (χ3v) is 5.34. The van der Waals surface area contributed by atoms with Crippen LogP contribution in [0.3, 0.4) is 0 Å². The van der Waals surface area contributed by atoms with E-state index in [-0.39, 0.29) is 23.5 Å². The summed E-state index contributed by atoms with van der Waals surface area (Å²) in [7, 11) is 0. The zero-order chi connectivity index (χ0) is 25.2. The summed E-state index contributed by atoms with van der Waals surface area (Å²) in [6.45, 7) is 4.81. The minimum absolute atomic E-state index is 0.207. The maximum atomic E-state index is 13.0. The van der Waals surface area contributed by atoms with Crippen molar-refractivity contribution >= 4 is 29.1 Å². The normalized spacial score (nSPS) is 11.6. The molecule has 0 heterocycles. The third-order valence-electron chi connectivity index (χ3n) is 5.09. The van der Waals surface area contributed by atoms with Gasteiger partial charge in [0.25, 0.3) is 5.91 Å². The molecule has 8 heteroatoms. The molecule has 184 valence electrons. The predicted molar refractivity (Wildman–Crippen MR) is 137 cm³/mol. The Labute approximate surface area is 209 Å². The summed E-state index contributed by atoms with van der Waals surface area (Å²) in [5, 5.41) is 9.41. The van der Waals surface area contributed by atoms with Crippen molar-refractivity contribution in [3.63, 3.8) is 0 Å². The molecule has 0 spiro atoms. The highest BCUT2D eigenvalue weighted by Crippen LogP contribution is 2.23. The molecule has 0 fully saturated rings. The van der Waals surface area contributed by atoms with Crippen LogP contribution in [0.4, 0.5) is 10.1 Å². The van der Waals surface area contributed by atoms with Gasteiger partial charge in [-0.2, -0.15) is 0 Å². The fourth-order valence-corrected chi connectivity index (χ4v) is 3.47. The lowest BCUT2D eigenvalue weighted by molar-refractivity contribution is -0.123. The Balaban J connectivity index is 1.52. The zero-order valence-electron chi connectivity index (χ0n) is 19.7. The van der Waals surface area contributed by atoms with Crippen molar-refractivity contribution in [2.75, 3.05) is 18.4 Å². The van der Waals surface area contributed by atoms with Crippen molar-refractivity contribution in [1.29, 1.82) is 0 Å². The standard InChI is InChI=1S/C27H29ClFN3O3/c1-18(2)17-25(27(34)31-16-15-30-22-9-7-21(29)8-10-22)32-26(33)19-3-11-23(12-4-19)35-24-13-5-20(28)6-14-24/h3-14,18,25,30H,15-17H2,1-2H3,(H,31,34)(H,32,33)/t25-/m0/s1. The Morgan fingerprint density at radius 1 is 0.886 bits per heavy atom. The molecule has 2 amide bonds. The molecule has 3 N–H and O–H groups in total. The van der Waals surface area contributed by atoms with Crippen LogP contribution in [0, 0.1) is 11.7 Å². The fraction of sp³-hybridized carbons (Fsp3) is 0.259. The number of hydrogen-bond acceptors (Lipinski definition) is 4. The van der Waals surface area contributed by atoms with Crippen molar-refractivity contribution < 1.29 is 18.7 Å². The van der Waals surface area contributed by atoms with Crippen molar-refractivity contribution in [3.8, 4) is 11.5 Å². The SMILES string of the molecule is CC(C)C[C@H](NC(=O)c1ccc(Oc2ccc(Cl)cc2)cc1)C(=O)NCCNc1ccc(F)cc1. The van der Waals surface area contributed by atoms with E-state index in [0.29, 0.717) is 41.6 Å². The molecular weight excluding hydrogens is 469 g/mol. The van der Waals surface area contributed by atoms with Crippen molar-refractivity contribution in [1.82, 2.24) is 10.6 Å². The van der Waals surface area contributed by atoms with E-state index in [1.54, 1.807) is 60.7 Å². The lowest BCUT2D eigenvalue weighted by atomic mass is 10.0. The molecule has 35 heavy (non-hydrogen) atoms. The van der Waals surface area contributed by atoms with E-state index in [1.165, 1.54) is 12.1 Å². The number of anilines is 1. The van der Waals surface area contributed by atoms with Crippen molar-refractivity contribution in [2.45, 2.75) is 26.3 Å². The molecule has 0 aliphatic heterocycles. The summed E-state index contributed by atoms with van der Waals surface area (Å²) in [4.78, 5) is 25.6. The molecule has 3 rings (SSSR count). The van der Waals surface area contributed by atoms with Gasteiger partial charge in [0.15, 0.2) is 0 Å². The number of carbonyl (C=O) groups is 2. The molecule has 3 aromatic carbocycles. The second-order valence-electron chi connectivity index (χ2n) is 8.46. The first-order chi connectivity index (χ1) is 16.8. The first kappa shape index (κ1) is 26.0. The molecule has 6 nitrogen and oxygen atoms in total. The summed E-state index contributed by atoms with van der Waals surface area (Å²) in [5.41, 5.74) is 1.18. The average Bonchev–Trinajstić information content (AvgIpc) is 2.84. The summed E-state index contributed by atoms with van der Waals surface area (Å²) in [5.74, 6) is 0.519. The first-order valence-corrected chi connectivity index (χ1v) is 11.8. The van der Waals surface area contributed by atoms with Crippen LogP contribution in [0.15, 0.2) is 72.8 Å². The van der Waals surface area contributed by atoms with Gasteiger partial charge in [0.2, 0.25) is 5.91 Å². The van der Waals surface area contributed by atoms with Crippen LogP contribution < -0.4 is 20.7 Å². The molecule has 0 radical (unpaired) electrons. The summed E-state index contributed by atoms with van der Waals surface area (Å²) < 4.78 is 18.7.